The molecular formula is C28H21BrO. The first-order valence-electron chi connectivity index (χ1n) is 10.2. The molecule has 4 aromatic carbocycles. The van der Waals surface area contributed by atoms with Gasteiger partial charge in [-0.15, -0.1) is 0 Å². The average Bonchev–Trinajstić information content (AvgIpc) is 3.52. The third-order valence-corrected chi connectivity index (χ3v) is 6.81. The van der Waals surface area contributed by atoms with Gasteiger partial charge in [0.05, 0.1) is 0 Å². The standard InChI is InChI=1S/C28H21BrO/c29-24-18-16-21(17-19-24)27(30)26-25(20-10-4-1-5-11-20)28(26,22-12-6-2-7-13-22)23-14-8-3-9-15-23/h1-19,25-26H/t25-,26+/m0/s1. The maximum absolute atomic E-state index is 13.8. The molecule has 2 heteroatoms. The van der Waals surface area contributed by atoms with E-state index in [-0.39, 0.29) is 23.0 Å². The maximum atomic E-state index is 13.8. The minimum absolute atomic E-state index is 0.0969. The lowest BCUT2D eigenvalue weighted by atomic mass is 9.82. The first-order valence-corrected chi connectivity index (χ1v) is 11.0. The van der Waals surface area contributed by atoms with Gasteiger partial charge in [0.2, 0.25) is 0 Å². The maximum Gasteiger partial charge on any atom is 0.167 e. The van der Waals surface area contributed by atoms with Crippen LogP contribution < -0.4 is 0 Å². The van der Waals surface area contributed by atoms with Crippen LogP contribution in [0.4, 0.5) is 0 Å². The zero-order valence-electron chi connectivity index (χ0n) is 16.4. The molecule has 0 aromatic heterocycles. The highest BCUT2D eigenvalue weighted by Gasteiger charge is 2.69. The zero-order valence-corrected chi connectivity index (χ0v) is 18.0. The van der Waals surface area contributed by atoms with E-state index in [2.05, 4.69) is 88.7 Å². The number of hydrogen-bond acceptors (Lipinski definition) is 1. The number of hydrogen-bond donors (Lipinski definition) is 0. The average molecular weight is 453 g/mol. The van der Waals surface area contributed by atoms with Crippen molar-refractivity contribution in [3.63, 3.8) is 0 Å². The summed E-state index contributed by atoms with van der Waals surface area (Å²) in [5.74, 6) is 0.148. The summed E-state index contributed by atoms with van der Waals surface area (Å²) in [6.45, 7) is 0. The Balaban J connectivity index is 1.72. The van der Waals surface area contributed by atoms with Crippen molar-refractivity contribution in [1.29, 1.82) is 0 Å². The predicted octanol–water partition coefficient (Wildman–Crippen LogP) is 7.03. The van der Waals surface area contributed by atoms with Gasteiger partial charge >= 0.3 is 0 Å². The molecule has 1 aliphatic carbocycles. The number of halogens is 1. The Kier molecular flexibility index (Phi) is 4.88. The van der Waals surface area contributed by atoms with Crippen molar-refractivity contribution in [3.05, 3.63) is 142 Å². The molecule has 4 aromatic rings. The second-order valence-corrected chi connectivity index (χ2v) is 8.75. The number of rotatable bonds is 5. The van der Waals surface area contributed by atoms with Crippen LogP contribution in [0, 0.1) is 5.92 Å². The summed E-state index contributed by atoms with van der Waals surface area (Å²) in [4.78, 5) is 13.8. The molecule has 30 heavy (non-hydrogen) atoms. The second-order valence-electron chi connectivity index (χ2n) is 7.84. The first kappa shape index (κ1) is 19.0. The monoisotopic (exact) mass is 452 g/mol. The van der Waals surface area contributed by atoms with Gasteiger partial charge in [-0.2, -0.15) is 0 Å². The van der Waals surface area contributed by atoms with Gasteiger partial charge in [0, 0.05) is 27.3 Å². The van der Waals surface area contributed by atoms with Gasteiger partial charge in [0.1, 0.15) is 0 Å². The number of ketones is 1. The molecule has 1 nitrogen and oxygen atoms in total. The molecular weight excluding hydrogens is 432 g/mol. The molecule has 0 N–H and O–H groups in total. The smallest absolute Gasteiger partial charge is 0.167 e. The molecule has 1 fully saturated rings. The normalized spacial score (nSPS) is 19.2. The summed E-state index contributed by atoms with van der Waals surface area (Å²) in [7, 11) is 0. The fourth-order valence-corrected chi connectivity index (χ4v) is 5.23. The van der Waals surface area contributed by atoms with Crippen LogP contribution >= 0.6 is 15.9 Å². The molecule has 146 valence electrons. The van der Waals surface area contributed by atoms with Gasteiger partial charge in [-0.1, -0.05) is 119 Å². The Labute approximate surface area is 185 Å². The van der Waals surface area contributed by atoms with Gasteiger partial charge in [0.25, 0.3) is 0 Å². The van der Waals surface area contributed by atoms with Gasteiger partial charge in [-0.05, 0) is 28.8 Å². The van der Waals surface area contributed by atoms with Crippen molar-refractivity contribution in [2.45, 2.75) is 11.3 Å². The van der Waals surface area contributed by atoms with E-state index in [1.807, 2.05) is 42.5 Å². The Morgan fingerprint density at radius 2 is 1.10 bits per heavy atom. The second kappa shape index (κ2) is 7.70. The van der Waals surface area contributed by atoms with Crippen LogP contribution in [-0.4, -0.2) is 5.78 Å². The Morgan fingerprint density at radius 3 is 1.60 bits per heavy atom. The van der Waals surface area contributed by atoms with Crippen molar-refractivity contribution in [2.24, 2.45) is 5.92 Å². The van der Waals surface area contributed by atoms with E-state index in [0.29, 0.717) is 0 Å². The van der Waals surface area contributed by atoms with E-state index in [1.54, 1.807) is 0 Å². The highest BCUT2D eigenvalue weighted by atomic mass is 79.9. The molecule has 0 aliphatic heterocycles. The largest absolute Gasteiger partial charge is 0.294 e. The summed E-state index contributed by atoms with van der Waals surface area (Å²) < 4.78 is 0.979. The molecule has 0 spiro atoms. The lowest BCUT2D eigenvalue weighted by molar-refractivity contribution is 0.0958. The molecule has 0 radical (unpaired) electrons. The van der Waals surface area contributed by atoms with Crippen molar-refractivity contribution < 1.29 is 4.79 Å². The summed E-state index contributed by atoms with van der Waals surface area (Å²) in [5, 5.41) is 0. The minimum Gasteiger partial charge on any atom is -0.294 e. The van der Waals surface area contributed by atoms with E-state index in [9.17, 15) is 4.79 Å². The molecule has 0 unspecified atom stereocenters. The van der Waals surface area contributed by atoms with E-state index >= 15 is 0 Å². The van der Waals surface area contributed by atoms with Crippen LogP contribution in [0.1, 0.15) is 33.0 Å². The molecule has 5 rings (SSSR count). The summed E-state index contributed by atoms with van der Waals surface area (Å²) in [6, 6.07) is 39.2. The predicted molar refractivity (Wildman–Crippen MR) is 125 cm³/mol. The Hall–Kier alpha value is -2.97. The Bertz CT molecular complexity index is 1110. The molecule has 0 saturated heterocycles. The highest BCUT2D eigenvalue weighted by Crippen LogP contribution is 2.69. The van der Waals surface area contributed by atoms with Crippen LogP contribution in [0.15, 0.2) is 120 Å². The third-order valence-electron chi connectivity index (χ3n) is 6.28. The van der Waals surface area contributed by atoms with Crippen LogP contribution in [0.5, 0.6) is 0 Å². The summed E-state index contributed by atoms with van der Waals surface area (Å²) in [6.07, 6.45) is 0. The van der Waals surface area contributed by atoms with Crippen molar-refractivity contribution in [3.8, 4) is 0 Å². The quantitative estimate of drug-likeness (QED) is 0.297. The van der Waals surface area contributed by atoms with Gasteiger partial charge in [-0.3, -0.25) is 4.79 Å². The van der Waals surface area contributed by atoms with Crippen LogP contribution in [0.25, 0.3) is 0 Å². The summed E-state index contributed by atoms with van der Waals surface area (Å²) >= 11 is 3.48. The fourth-order valence-electron chi connectivity index (χ4n) is 4.97. The fraction of sp³-hybridized carbons (Fsp3) is 0.107. The molecule has 2 atom stereocenters. The van der Waals surface area contributed by atoms with E-state index in [1.165, 1.54) is 16.7 Å². The minimum atomic E-state index is -0.367. The number of Topliss-reactive ketones (excluding diaryl/α,β-unsaturated/α-hetero) is 1. The van der Waals surface area contributed by atoms with Gasteiger partial charge in [-0.25, -0.2) is 0 Å². The Morgan fingerprint density at radius 1 is 0.633 bits per heavy atom. The molecule has 1 saturated carbocycles. The van der Waals surface area contributed by atoms with Crippen molar-refractivity contribution in [1.82, 2.24) is 0 Å². The first-order chi connectivity index (χ1) is 14.7. The van der Waals surface area contributed by atoms with Crippen LogP contribution in [0.3, 0.4) is 0 Å². The number of benzene rings is 4. The lowest BCUT2D eigenvalue weighted by Gasteiger charge is -2.20. The third kappa shape index (κ3) is 3.03. The van der Waals surface area contributed by atoms with Crippen molar-refractivity contribution in [2.75, 3.05) is 0 Å². The van der Waals surface area contributed by atoms with E-state index in [4.69, 9.17) is 0 Å². The number of carbonyl (C=O) groups excluding carboxylic acids is 1. The molecule has 0 bridgehead atoms. The highest BCUT2D eigenvalue weighted by molar-refractivity contribution is 9.10. The zero-order chi connectivity index (χ0) is 20.6. The van der Waals surface area contributed by atoms with Gasteiger partial charge in [0.15, 0.2) is 5.78 Å². The molecule has 0 amide bonds. The summed E-state index contributed by atoms with van der Waals surface area (Å²) in [5.41, 5.74) is 3.99. The van der Waals surface area contributed by atoms with Crippen LogP contribution in [-0.2, 0) is 5.41 Å². The van der Waals surface area contributed by atoms with E-state index in [0.717, 1.165) is 10.0 Å². The van der Waals surface area contributed by atoms with Gasteiger partial charge < -0.3 is 0 Å². The molecule has 0 heterocycles. The SMILES string of the molecule is O=C(c1ccc(Br)cc1)[C@H]1[C@H](c2ccccc2)C1(c1ccccc1)c1ccccc1. The van der Waals surface area contributed by atoms with Crippen LogP contribution in [0.2, 0.25) is 0 Å². The van der Waals surface area contributed by atoms with E-state index < -0.39 is 0 Å². The topological polar surface area (TPSA) is 17.1 Å². The molecule has 1 aliphatic rings. The number of carbonyl (C=O) groups is 1. The lowest BCUT2D eigenvalue weighted by Crippen LogP contribution is -2.17. The van der Waals surface area contributed by atoms with Crippen molar-refractivity contribution >= 4 is 21.7 Å².